The smallest absolute Gasteiger partial charge is 0.0765 e. The van der Waals surface area contributed by atoms with Gasteiger partial charge in [-0.3, -0.25) is 4.99 Å². The third kappa shape index (κ3) is 1.38. The topological polar surface area (TPSA) is 12.4 Å². The first-order chi connectivity index (χ1) is 6.93. The van der Waals surface area contributed by atoms with Crippen LogP contribution in [0.25, 0.3) is 0 Å². The molecule has 0 spiro atoms. The minimum atomic E-state index is 0.679. The zero-order chi connectivity index (χ0) is 9.38. The molecule has 0 bridgehead atoms. The maximum Gasteiger partial charge on any atom is 0.0765 e. The quantitative estimate of drug-likeness (QED) is 0.624. The zero-order valence-corrected chi connectivity index (χ0v) is 8.89. The molecule has 1 saturated carbocycles. The van der Waals surface area contributed by atoms with Gasteiger partial charge in [0.1, 0.15) is 0 Å². The summed E-state index contributed by atoms with van der Waals surface area (Å²) < 4.78 is 0. The minimum Gasteiger partial charge on any atom is -0.255 e. The molecule has 1 aliphatic carbocycles. The van der Waals surface area contributed by atoms with E-state index < -0.39 is 0 Å². The number of hydrogen-bond donors (Lipinski definition) is 0. The Morgan fingerprint density at radius 3 is 3.14 bits per heavy atom. The van der Waals surface area contributed by atoms with Crippen molar-refractivity contribution in [1.82, 2.24) is 0 Å². The van der Waals surface area contributed by atoms with Crippen LogP contribution in [0.3, 0.4) is 0 Å². The van der Waals surface area contributed by atoms with Gasteiger partial charge in [-0.15, -0.1) is 11.8 Å². The van der Waals surface area contributed by atoms with Crippen LogP contribution in [0.2, 0.25) is 0 Å². The molecule has 14 heavy (non-hydrogen) atoms. The van der Waals surface area contributed by atoms with Crippen molar-refractivity contribution in [2.75, 3.05) is 0 Å². The molecule has 0 radical (unpaired) electrons. The van der Waals surface area contributed by atoms with Crippen LogP contribution < -0.4 is 0 Å². The van der Waals surface area contributed by atoms with Gasteiger partial charge in [0.25, 0.3) is 0 Å². The lowest BCUT2D eigenvalue weighted by atomic mass is 9.97. The highest BCUT2D eigenvalue weighted by Crippen LogP contribution is 2.41. The number of fused-ring (bicyclic) bond motifs is 2. The summed E-state index contributed by atoms with van der Waals surface area (Å²) in [5, 5.41) is 0.679. The predicted octanol–water partition coefficient (Wildman–Crippen LogP) is 3.81. The summed E-state index contributed by atoms with van der Waals surface area (Å²) in [6.07, 6.45) is 5.24. The van der Waals surface area contributed by atoms with E-state index in [9.17, 15) is 0 Å². The van der Waals surface area contributed by atoms with E-state index in [1.54, 1.807) is 0 Å². The van der Waals surface area contributed by atoms with Crippen molar-refractivity contribution in [3.8, 4) is 0 Å². The molecule has 2 heteroatoms. The molecule has 1 fully saturated rings. The number of aliphatic imine (C=N–C) groups is 1. The Morgan fingerprint density at radius 1 is 1.21 bits per heavy atom. The normalized spacial score (nSPS) is 24.9. The average molecular weight is 203 g/mol. The number of benzene rings is 1. The Labute approximate surface area is 88.6 Å². The van der Waals surface area contributed by atoms with E-state index in [0.29, 0.717) is 5.25 Å². The van der Waals surface area contributed by atoms with E-state index >= 15 is 0 Å². The fraction of sp³-hybridized carbons (Fsp3) is 0.417. The zero-order valence-electron chi connectivity index (χ0n) is 8.07. The van der Waals surface area contributed by atoms with Crippen LogP contribution in [0.4, 0.5) is 5.69 Å². The van der Waals surface area contributed by atoms with Crippen molar-refractivity contribution in [3.63, 3.8) is 0 Å². The third-order valence-corrected chi connectivity index (χ3v) is 4.31. The van der Waals surface area contributed by atoms with Crippen molar-refractivity contribution in [1.29, 1.82) is 0 Å². The highest BCUT2D eigenvalue weighted by Gasteiger charge is 2.25. The lowest BCUT2D eigenvalue weighted by molar-refractivity contribution is 0.673. The second-order valence-corrected chi connectivity index (χ2v) is 5.17. The van der Waals surface area contributed by atoms with Crippen LogP contribution in [0.1, 0.15) is 25.7 Å². The number of nitrogens with zero attached hydrogens (tertiary/aromatic N) is 1. The largest absolute Gasteiger partial charge is 0.255 e. The van der Waals surface area contributed by atoms with Crippen LogP contribution in [0.15, 0.2) is 34.2 Å². The van der Waals surface area contributed by atoms with Gasteiger partial charge in [0.05, 0.1) is 5.69 Å². The number of thioether (sulfide) groups is 1. The van der Waals surface area contributed by atoms with Crippen molar-refractivity contribution < 1.29 is 0 Å². The summed E-state index contributed by atoms with van der Waals surface area (Å²) in [6, 6.07) is 8.50. The van der Waals surface area contributed by atoms with Crippen molar-refractivity contribution in [3.05, 3.63) is 24.3 Å². The lowest BCUT2D eigenvalue weighted by Crippen LogP contribution is -2.23. The molecule has 0 N–H and O–H groups in total. The van der Waals surface area contributed by atoms with Gasteiger partial charge in [-0.05, 0) is 31.4 Å². The number of hydrogen-bond acceptors (Lipinski definition) is 2. The van der Waals surface area contributed by atoms with Gasteiger partial charge in [-0.25, -0.2) is 0 Å². The van der Waals surface area contributed by atoms with Gasteiger partial charge in [0, 0.05) is 15.9 Å². The van der Waals surface area contributed by atoms with Gasteiger partial charge in [0.15, 0.2) is 0 Å². The molecule has 1 unspecified atom stereocenters. The molecule has 3 rings (SSSR count). The Morgan fingerprint density at radius 2 is 2.14 bits per heavy atom. The Hall–Kier alpha value is -0.760. The molecule has 0 saturated heterocycles. The first-order valence-corrected chi connectivity index (χ1v) is 6.14. The van der Waals surface area contributed by atoms with E-state index in [1.807, 2.05) is 11.8 Å². The fourth-order valence-electron chi connectivity index (χ4n) is 2.18. The van der Waals surface area contributed by atoms with Crippen molar-refractivity contribution >= 4 is 23.2 Å². The molecule has 1 aromatic rings. The van der Waals surface area contributed by atoms with E-state index in [0.717, 1.165) is 0 Å². The number of para-hydroxylation sites is 1. The molecule has 1 aromatic carbocycles. The van der Waals surface area contributed by atoms with E-state index in [-0.39, 0.29) is 0 Å². The van der Waals surface area contributed by atoms with Gasteiger partial charge in [-0.1, -0.05) is 18.6 Å². The Balaban J connectivity index is 2.03. The monoisotopic (exact) mass is 203 g/mol. The molecular formula is C12H13NS. The fourth-order valence-corrected chi connectivity index (χ4v) is 3.46. The van der Waals surface area contributed by atoms with Crippen LogP contribution in [-0.4, -0.2) is 11.0 Å². The highest BCUT2D eigenvalue weighted by atomic mass is 32.2. The van der Waals surface area contributed by atoms with Gasteiger partial charge in [-0.2, -0.15) is 0 Å². The molecule has 2 aliphatic rings. The standard InChI is InChI=1S/C12H13NS/c1-3-7-11-9(5-1)13-10-6-2-4-8-12(10)14-11/h1,3,5,7,12H,2,4,6,8H2. The first kappa shape index (κ1) is 8.54. The SMILES string of the molecule is c1ccc2c(c1)N=C1CCCCC1S2. The average Bonchev–Trinajstić information content (AvgIpc) is 2.26. The first-order valence-electron chi connectivity index (χ1n) is 5.26. The summed E-state index contributed by atoms with van der Waals surface area (Å²) in [5.74, 6) is 0. The highest BCUT2D eigenvalue weighted by molar-refractivity contribution is 8.00. The third-order valence-electron chi connectivity index (χ3n) is 2.92. The molecule has 1 atom stereocenters. The van der Waals surface area contributed by atoms with E-state index in [2.05, 4.69) is 24.3 Å². The molecule has 1 heterocycles. The van der Waals surface area contributed by atoms with Crippen molar-refractivity contribution in [2.24, 2.45) is 4.99 Å². The van der Waals surface area contributed by atoms with Gasteiger partial charge < -0.3 is 0 Å². The van der Waals surface area contributed by atoms with Gasteiger partial charge in [0.2, 0.25) is 0 Å². The van der Waals surface area contributed by atoms with E-state index in [4.69, 9.17) is 4.99 Å². The summed E-state index contributed by atoms with van der Waals surface area (Å²) in [4.78, 5) is 6.13. The van der Waals surface area contributed by atoms with Gasteiger partial charge >= 0.3 is 0 Å². The molecule has 72 valence electrons. The Bertz CT molecular complexity index is 384. The molecule has 0 amide bonds. The predicted molar refractivity (Wildman–Crippen MR) is 61.7 cm³/mol. The second kappa shape index (κ2) is 3.43. The maximum atomic E-state index is 4.76. The van der Waals surface area contributed by atoms with Crippen LogP contribution in [-0.2, 0) is 0 Å². The molecule has 1 nitrogen and oxygen atoms in total. The molecule has 0 aromatic heterocycles. The van der Waals surface area contributed by atoms with Crippen LogP contribution in [0, 0.1) is 0 Å². The van der Waals surface area contributed by atoms with Crippen LogP contribution in [0.5, 0.6) is 0 Å². The number of rotatable bonds is 0. The Kier molecular flexibility index (Phi) is 2.09. The minimum absolute atomic E-state index is 0.679. The van der Waals surface area contributed by atoms with E-state index in [1.165, 1.54) is 42.0 Å². The maximum absolute atomic E-state index is 4.76. The summed E-state index contributed by atoms with van der Waals surface area (Å²) >= 11 is 2.01. The lowest BCUT2D eigenvalue weighted by Gasteiger charge is -2.27. The van der Waals surface area contributed by atoms with Crippen molar-refractivity contribution in [2.45, 2.75) is 35.8 Å². The molecular weight excluding hydrogens is 190 g/mol. The van der Waals surface area contributed by atoms with Crippen LogP contribution >= 0.6 is 11.8 Å². The summed E-state index contributed by atoms with van der Waals surface area (Å²) in [6.45, 7) is 0. The second-order valence-electron chi connectivity index (χ2n) is 3.92. The summed E-state index contributed by atoms with van der Waals surface area (Å²) in [7, 11) is 0. The summed E-state index contributed by atoms with van der Waals surface area (Å²) in [5.41, 5.74) is 2.62. The molecule has 1 aliphatic heterocycles.